The molecule has 0 aromatic rings. The minimum absolute atomic E-state index is 0.0579. The lowest BCUT2D eigenvalue weighted by Gasteiger charge is -2.56. The van der Waals surface area contributed by atoms with Gasteiger partial charge in [-0.3, -0.25) is 0 Å². The van der Waals surface area contributed by atoms with E-state index in [1.165, 1.54) is 0 Å². The van der Waals surface area contributed by atoms with Crippen LogP contribution in [0.15, 0.2) is 0 Å². The van der Waals surface area contributed by atoms with Crippen LogP contribution in [0.4, 0.5) is 0 Å². The molecule has 1 N–H and O–H groups in total. The second kappa shape index (κ2) is 2.24. The maximum atomic E-state index is 9.82. The fourth-order valence-corrected chi connectivity index (χ4v) is 2.95. The van der Waals surface area contributed by atoms with Crippen molar-refractivity contribution in [2.45, 2.75) is 57.3 Å². The van der Waals surface area contributed by atoms with Crippen molar-refractivity contribution in [3.8, 4) is 0 Å². The van der Waals surface area contributed by atoms with E-state index in [9.17, 15) is 5.11 Å². The first kappa shape index (κ1) is 8.52. The topological polar surface area (TPSA) is 29.5 Å². The molecular formula is C10H18O2. The molecule has 12 heavy (non-hydrogen) atoms. The van der Waals surface area contributed by atoms with Crippen LogP contribution in [0.5, 0.6) is 0 Å². The molecule has 3 atom stereocenters. The summed E-state index contributed by atoms with van der Waals surface area (Å²) in [4.78, 5) is 0. The maximum Gasteiger partial charge on any atom is 0.0686 e. The maximum absolute atomic E-state index is 9.82. The molecule has 3 rings (SSSR count). The van der Waals surface area contributed by atoms with Crippen molar-refractivity contribution < 1.29 is 9.84 Å². The summed E-state index contributed by atoms with van der Waals surface area (Å²) in [6.07, 6.45) is 2.90. The van der Waals surface area contributed by atoms with E-state index in [1.807, 2.05) is 0 Å². The summed E-state index contributed by atoms with van der Waals surface area (Å²) in [5.41, 5.74) is -0.178. The normalized spacial score (nSPS) is 51.0. The number of ether oxygens (including phenoxy) is 1. The van der Waals surface area contributed by atoms with E-state index in [1.54, 1.807) is 0 Å². The van der Waals surface area contributed by atoms with Crippen LogP contribution in [0, 0.1) is 5.92 Å². The number of fused-ring (bicyclic) bond motifs is 3. The molecule has 0 spiro atoms. The highest BCUT2D eigenvalue weighted by atomic mass is 16.5. The summed E-state index contributed by atoms with van der Waals surface area (Å²) < 4.78 is 5.97. The van der Waals surface area contributed by atoms with E-state index in [0.717, 1.165) is 19.3 Å². The number of aliphatic hydroxyl groups excluding tert-OH is 1. The average Bonchev–Trinajstić information content (AvgIpc) is 1.80. The molecule has 2 aliphatic heterocycles. The van der Waals surface area contributed by atoms with Crippen LogP contribution in [0.25, 0.3) is 0 Å². The van der Waals surface area contributed by atoms with Gasteiger partial charge in [-0.1, -0.05) is 0 Å². The SMILES string of the molecule is CC1(C)O[C@]2(C)CCC1C(O)C2. The highest BCUT2D eigenvalue weighted by Gasteiger charge is 2.52. The van der Waals surface area contributed by atoms with Gasteiger partial charge in [-0.15, -0.1) is 0 Å². The Morgan fingerprint density at radius 1 is 1.33 bits per heavy atom. The monoisotopic (exact) mass is 170 g/mol. The Balaban J connectivity index is 2.28. The summed E-state index contributed by atoms with van der Waals surface area (Å²) >= 11 is 0. The number of aliphatic hydroxyl groups is 1. The highest BCUT2D eigenvalue weighted by Crippen LogP contribution is 2.49. The molecule has 1 saturated carbocycles. The molecule has 2 bridgehead atoms. The van der Waals surface area contributed by atoms with E-state index in [0.29, 0.717) is 5.92 Å². The number of hydrogen-bond acceptors (Lipinski definition) is 2. The molecule has 2 unspecified atom stereocenters. The van der Waals surface area contributed by atoms with Crippen LogP contribution in [0.2, 0.25) is 0 Å². The molecule has 0 aromatic carbocycles. The molecule has 0 amide bonds. The molecule has 3 aliphatic rings. The van der Waals surface area contributed by atoms with Gasteiger partial charge in [-0.2, -0.15) is 0 Å². The lowest BCUT2D eigenvalue weighted by Crippen LogP contribution is -2.59. The van der Waals surface area contributed by atoms with Gasteiger partial charge in [0.1, 0.15) is 0 Å². The second-order valence-corrected chi connectivity index (χ2v) is 5.07. The molecule has 1 aliphatic carbocycles. The number of hydrogen-bond donors (Lipinski definition) is 1. The van der Waals surface area contributed by atoms with Crippen LogP contribution in [-0.4, -0.2) is 22.4 Å². The Labute approximate surface area is 73.9 Å². The largest absolute Gasteiger partial charge is 0.393 e. The van der Waals surface area contributed by atoms with Crippen LogP contribution in [0.1, 0.15) is 40.0 Å². The molecule has 2 heterocycles. The zero-order chi connectivity index (χ0) is 8.98. The van der Waals surface area contributed by atoms with E-state index >= 15 is 0 Å². The Kier molecular flexibility index (Phi) is 1.59. The summed E-state index contributed by atoms with van der Waals surface area (Å²) in [5, 5.41) is 9.82. The smallest absolute Gasteiger partial charge is 0.0686 e. The quantitative estimate of drug-likeness (QED) is 0.599. The van der Waals surface area contributed by atoms with Crippen LogP contribution in [-0.2, 0) is 4.74 Å². The predicted molar refractivity (Wildman–Crippen MR) is 46.9 cm³/mol. The van der Waals surface area contributed by atoms with Crippen LogP contribution >= 0.6 is 0 Å². The van der Waals surface area contributed by atoms with Crippen LogP contribution < -0.4 is 0 Å². The van der Waals surface area contributed by atoms with Gasteiger partial charge >= 0.3 is 0 Å². The van der Waals surface area contributed by atoms with Crippen molar-refractivity contribution in [1.82, 2.24) is 0 Å². The standard InChI is InChI=1S/C10H18O2/c1-9(2)7-4-5-10(3,12-9)6-8(7)11/h7-8,11H,4-6H2,1-3H3/t7?,8?,10-/m1/s1. The minimum Gasteiger partial charge on any atom is -0.393 e. The van der Waals surface area contributed by atoms with Gasteiger partial charge in [0.15, 0.2) is 0 Å². The summed E-state index contributed by atoms with van der Waals surface area (Å²) in [7, 11) is 0. The predicted octanol–water partition coefficient (Wildman–Crippen LogP) is 1.71. The third-order valence-corrected chi connectivity index (χ3v) is 3.49. The van der Waals surface area contributed by atoms with Gasteiger partial charge in [0.25, 0.3) is 0 Å². The highest BCUT2D eigenvalue weighted by molar-refractivity contribution is 5.02. The van der Waals surface area contributed by atoms with Crippen molar-refractivity contribution in [3.63, 3.8) is 0 Å². The molecule has 3 fully saturated rings. The number of rotatable bonds is 0. The lowest BCUT2D eigenvalue weighted by atomic mass is 9.67. The molecule has 2 saturated heterocycles. The van der Waals surface area contributed by atoms with E-state index in [-0.39, 0.29) is 17.3 Å². The van der Waals surface area contributed by atoms with Gasteiger partial charge in [-0.05, 0) is 33.6 Å². The van der Waals surface area contributed by atoms with Crippen molar-refractivity contribution in [2.75, 3.05) is 0 Å². The minimum atomic E-state index is -0.146. The van der Waals surface area contributed by atoms with E-state index in [4.69, 9.17) is 4.74 Å². The molecular weight excluding hydrogens is 152 g/mol. The molecule has 0 radical (unpaired) electrons. The third-order valence-electron chi connectivity index (χ3n) is 3.49. The van der Waals surface area contributed by atoms with Gasteiger partial charge in [-0.25, -0.2) is 0 Å². The van der Waals surface area contributed by atoms with E-state index < -0.39 is 0 Å². The zero-order valence-electron chi connectivity index (χ0n) is 8.13. The Bertz CT molecular complexity index is 197. The van der Waals surface area contributed by atoms with Crippen LogP contribution in [0.3, 0.4) is 0 Å². The summed E-state index contributed by atoms with van der Waals surface area (Å²) in [6, 6.07) is 0. The second-order valence-electron chi connectivity index (χ2n) is 5.07. The Morgan fingerprint density at radius 3 is 2.42 bits per heavy atom. The fourth-order valence-electron chi connectivity index (χ4n) is 2.95. The third kappa shape index (κ3) is 1.09. The first-order valence-electron chi connectivity index (χ1n) is 4.81. The first-order valence-corrected chi connectivity index (χ1v) is 4.81. The molecule has 2 nitrogen and oxygen atoms in total. The molecule has 70 valence electrons. The lowest BCUT2D eigenvalue weighted by molar-refractivity contribution is -0.263. The van der Waals surface area contributed by atoms with Crippen molar-refractivity contribution in [2.24, 2.45) is 5.92 Å². The fraction of sp³-hybridized carbons (Fsp3) is 1.00. The van der Waals surface area contributed by atoms with Gasteiger partial charge in [0.05, 0.1) is 17.3 Å². The molecule has 2 heteroatoms. The van der Waals surface area contributed by atoms with Gasteiger partial charge in [0, 0.05) is 12.3 Å². The first-order chi connectivity index (χ1) is 5.43. The average molecular weight is 170 g/mol. The molecule has 0 aromatic heterocycles. The van der Waals surface area contributed by atoms with Crippen molar-refractivity contribution in [1.29, 1.82) is 0 Å². The van der Waals surface area contributed by atoms with Crippen molar-refractivity contribution >= 4 is 0 Å². The Morgan fingerprint density at radius 2 is 2.00 bits per heavy atom. The summed E-state index contributed by atoms with van der Waals surface area (Å²) in [6.45, 7) is 6.31. The van der Waals surface area contributed by atoms with Gasteiger partial charge < -0.3 is 9.84 Å². The van der Waals surface area contributed by atoms with E-state index in [2.05, 4.69) is 20.8 Å². The summed E-state index contributed by atoms with van der Waals surface area (Å²) in [5.74, 6) is 0.347. The van der Waals surface area contributed by atoms with Crippen molar-refractivity contribution in [3.05, 3.63) is 0 Å². The zero-order valence-corrected chi connectivity index (χ0v) is 8.13. The van der Waals surface area contributed by atoms with Gasteiger partial charge in [0.2, 0.25) is 0 Å². The Hall–Kier alpha value is -0.0800.